The monoisotopic (exact) mass is 341 g/mol. The minimum atomic E-state index is -4.43. The average molecular weight is 341 g/mol. The topological polar surface area (TPSA) is 60.1 Å². The number of aryl methyl sites for hydroxylation is 3. The molecule has 130 valence electrons. The summed E-state index contributed by atoms with van der Waals surface area (Å²) in [5, 5.41) is 2.84. The van der Waals surface area contributed by atoms with Gasteiger partial charge in [-0.05, 0) is 32.3 Å². The van der Waals surface area contributed by atoms with E-state index in [4.69, 9.17) is 4.42 Å². The number of nitrogens with one attached hydrogen (secondary N) is 1. The Balaban J connectivity index is 1.61. The highest BCUT2D eigenvalue weighted by molar-refractivity contribution is 5.95. The lowest BCUT2D eigenvalue weighted by Gasteiger charge is -2.23. The Morgan fingerprint density at radius 2 is 2.21 bits per heavy atom. The molecular weight excluding hydrogens is 323 g/mol. The van der Waals surface area contributed by atoms with E-state index in [9.17, 15) is 18.0 Å². The van der Waals surface area contributed by atoms with Gasteiger partial charge in [0, 0.05) is 25.7 Å². The first-order valence-electron chi connectivity index (χ1n) is 7.72. The van der Waals surface area contributed by atoms with Gasteiger partial charge in [0.05, 0.1) is 5.56 Å². The highest BCUT2D eigenvalue weighted by Crippen LogP contribution is 2.30. The normalized spacial score (nSPS) is 17.6. The van der Waals surface area contributed by atoms with Crippen molar-refractivity contribution in [2.75, 3.05) is 6.54 Å². The molecule has 1 aliphatic heterocycles. The van der Waals surface area contributed by atoms with Gasteiger partial charge in [-0.15, -0.1) is 0 Å². The third-order valence-electron chi connectivity index (χ3n) is 4.22. The van der Waals surface area contributed by atoms with Crippen LogP contribution in [0, 0.1) is 19.8 Å². The maximum Gasteiger partial charge on any atom is 0.434 e. The predicted octanol–water partition coefficient (Wildman–Crippen LogP) is 3.10. The van der Waals surface area contributed by atoms with Crippen LogP contribution in [0.4, 0.5) is 13.2 Å². The van der Waals surface area contributed by atoms with Gasteiger partial charge in [0.2, 0.25) is 0 Å². The van der Waals surface area contributed by atoms with Crippen LogP contribution in [0.2, 0.25) is 0 Å². The molecule has 0 aromatic carbocycles. The molecular formula is C16H18F3N3O2. The smallest absolute Gasteiger partial charge is 0.434 e. The second kappa shape index (κ2) is 5.99. The number of aromatic nitrogens is 2. The molecule has 24 heavy (non-hydrogen) atoms. The molecule has 0 fully saturated rings. The summed E-state index contributed by atoms with van der Waals surface area (Å²) in [6.45, 7) is 4.31. The zero-order valence-electron chi connectivity index (χ0n) is 13.4. The van der Waals surface area contributed by atoms with Crippen molar-refractivity contribution in [2.45, 2.75) is 39.4 Å². The van der Waals surface area contributed by atoms with E-state index in [0.717, 1.165) is 6.20 Å². The number of imidazole rings is 1. The van der Waals surface area contributed by atoms with Gasteiger partial charge in [0.15, 0.2) is 5.69 Å². The van der Waals surface area contributed by atoms with Crippen LogP contribution in [-0.2, 0) is 19.1 Å². The number of nitrogens with zero attached hydrogens (tertiary/aromatic N) is 2. The van der Waals surface area contributed by atoms with Crippen molar-refractivity contribution in [3.63, 3.8) is 0 Å². The quantitative estimate of drug-likeness (QED) is 0.933. The highest BCUT2D eigenvalue weighted by Gasteiger charge is 2.35. The number of hydrogen-bond donors (Lipinski definition) is 1. The largest absolute Gasteiger partial charge is 0.466 e. The molecule has 0 radical (unpaired) electrons. The van der Waals surface area contributed by atoms with Crippen LogP contribution in [0.25, 0.3) is 0 Å². The summed E-state index contributed by atoms with van der Waals surface area (Å²) >= 11 is 0. The molecule has 3 rings (SSSR count). The number of carbonyl (C=O) groups excluding carboxylic acids is 1. The zero-order valence-corrected chi connectivity index (χ0v) is 13.4. The third-order valence-corrected chi connectivity index (χ3v) is 4.22. The minimum Gasteiger partial charge on any atom is -0.466 e. The number of amides is 1. The van der Waals surface area contributed by atoms with Gasteiger partial charge in [0.1, 0.15) is 17.3 Å². The molecule has 1 aliphatic rings. The number of furan rings is 1. The molecule has 0 saturated carbocycles. The summed E-state index contributed by atoms with van der Waals surface area (Å²) in [6, 6.07) is 1.68. The Labute approximate surface area is 136 Å². The molecule has 1 amide bonds. The van der Waals surface area contributed by atoms with E-state index in [1.165, 1.54) is 4.57 Å². The number of hydrogen-bond acceptors (Lipinski definition) is 3. The van der Waals surface area contributed by atoms with Crippen LogP contribution in [0.1, 0.15) is 39.8 Å². The molecule has 0 aliphatic carbocycles. The van der Waals surface area contributed by atoms with Crippen LogP contribution in [0.15, 0.2) is 16.7 Å². The number of fused-ring (bicyclic) bond motifs is 1. The van der Waals surface area contributed by atoms with Gasteiger partial charge < -0.3 is 14.3 Å². The van der Waals surface area contributed by atoms with Gasteiger partial charge in [-0.2, -0.15) is 13.2 Å². The van der Waals surface area contributed by atoms with Gasteiger partial charge in [-0.1, -0.05) is 0 Å². The second-order valence-electron chi connectivity index (χ2n) is 6.13. The lowest BCUT2D eigenvalue weighted by molar-refractivity contribution is -0.141. The van der Waals surface area contributed by atoms with E-state index in [0.29, 0.717) is 48.8 Å². The number of halogens is 3. The van der Waals surface area contributed by atoms with Crippen molar-refractivity contribution in [2.24, 2.45) is 5.92 Å². The molecule has 0 spiro atoms. The molecule has 2 aromatic heterocycles. The molecule has 2 aromatic rings. The summed E-state index contributed by atoms with van der Waals surface area (Å²) in [7, 11) is 0. The van der Waals surface area contributed by atoms with Crippen LogP contribution < -0.4 is 5.32 Å². The summed E-state index contributed by atoms with van der Waals surface area (Å²) in [5.41, 5.74) is -0.363. The van der Waals surface area contributed by atoms with Crippen LogP contribution in [0.5, 0.6) is 0 Å². The third kappa shape index (κ3) is 3.32. The SMILES string of the molecule is Cc1cc(C(=O)NC[C@@H]2CCc3nc(C(F)(F)F)cn3C2)c(C)o1. The molecule has 0 saturated heterocycles. The first-order valence-corrected chi connectivity index (χ1v) is 7.72. The van der Waals surface area contributed by atoms with Crippen molar-refractivity contribution in [1.82, 2.24) is 14.9 Å². The van der Waals surface area contributed by atoms with Gasteiger partial charge >= 0.3 is 6.18 Å². The molecule has 3 heterocycles. The molecule has 5 nitrogen and oxygen atoms in total. The molecule has 8 heteroatoms. The first-order chi connectivity index (χ1) is 11.2. The molecule has 0 unspecified atom stereocenters. The summed E-state index contributed by atoms with van der Waals surface area (Å²) < 4.78 is 45.0. The first kappa shape index (κ1) is 16.6. The lowest BCUT2D eigenvalue weighted by atomic mass is 9.99. The van der Waals surface area contributed by atoms with E-state index in [2.05, 4.69) is 10.3 Å². The van der Waals surface area contributed by atoms with Crippen LogP contribution in [0.3, 0.4) is 0 Å². The Morgan fingerprint density at radius 3 is 2.83 bits per heavy atom. The molecule has 1 atom stereocenters. The van der Waals surface area contributed by atoms with E-state index in [-0.39, 0.29) is 11.8 Å². The van der Waals surface area contributed by atoms with Crippen LogP contribution >= 0.6 is 0 Å². The summed E-state index contributed by atoms with van der Waals surface area (Å²) in [5.74, 6) is 1.52. The van der Waals surface area contributed by atoms with Crippen molar-refractivity contribution in [3.8, 4) is 0 Å². The summed E-state index contributed by atoms with van der Waals surface area (Å²) in [4.78, 5) is 15.8. The molecule has 0 bridgehead atoms. The number of rotatable bonds is 3. The predicted molar refractivity (Wildman–Crippen MR) is 79.6 cm³/mol. The Kier molecular flexibility index (Phi) is 4.15. The Hall–Kier alpha value is -2.25. The van der Waals surface area contributed by atoms with E-state index < -0.39 is 11.9 Å². The van der Waals surface area contributed by atoms with Crippen molar-refractivity contribution in [1.29, 1.82) is 0 Å². The fourth-order valence-corrected chi connectivity index (χ4v) is 3.01. The van der Waals surface area contributed by atoms with E-state index in [1.54, 1.807) is 19.9 Å². The van der Waals surface area contributed by atoms with E-state index in [1.807, 2.05) is 0 Å². The van der Waals surface area contributed by atoms with Gasteiger partial charge in [-0.3, -0.25) is 4.79 Å². The summed E-state index contributed by atoms with van der Waals surface area (Å²) in [6.07, 6.45) is -2.21. The van der Waals surface area contributed by atoms with Crippen molar-refractivity contribution < 1.29 is 22.4 Å². The average Bonchev–Trinajstić information content (AvgIpc) is 3.06. The van der Waals surface area contributed by atoms with Crippen molar-refractivity contribution >= 4 is 5.91 Å². The van der Waals surface area contributed by atoms with Crippen molar-refractivity contribution in [3.05, 3.63) is 40.9 Å². The standard InChI is InChI=1S/C16H18F3N3O2/c1-9-5-12(10(2)24-9)15(23)20-6-11-3-4-14-21-13(16(17,18)19)8-22(14)7-11/h5,8,11H,3-4,6-7H2,1-2H3,(H,20,23)/t11-/m0/s1. The minimum absolute atomic E-state index is 0.0741. The maximum atomic E-state index is 12.7. The maximum absolute atomic E-state index is 12.7. The van der Waals surface area contributed by atoms with Gasteiger partial charge in [-0.25, -0.2) is 4.98 Å². The zero-order chi connectivity index (χ0) is 17.5. The second-order valence-corrected chi connectivity index (χ2v) is 6.13. The lowest BCUT2D eigenvalue weighted by Crippen LogP contribution is -2.33. The highest BCUT2D eigenvalue weighted by atomic mass is 19.4. The fourth-order valence-electron chi connectivity index (χ4n) is 3.01. The van der Waals surface area contributed by atoms with Gasteiger partial charge in [0.25, 0.3) is 5.91 Å². The number of carbonyl (C=O) groups is 1. The Bertz CT molecular complexity index is 761. The Morgan fingerprint density at radius 1 is 1.46 bits per heavy atom. The molecule has 1 N–H and O–H groups in total. The fraction of sp³-hybridized carbons (Fsp3) is 0.500. The van der Waals surface area contributed by atoms with Crippen LogP contribution in [-0.4, -0.2) is 22.0 Å². The number of alkyl halides is 3. The van der Waals surface area contributed by atoms with E-state index >= 15 is 0 Å².